The van der Waals surface area contributed by atoms with Gasteiger partial charge in [0.2, 0.25) is 5.91 Å². The van der Waals surface area contributed by atoms with E-state index in [1.807, 2.05) is 23.2 Å². The van der Waals surface area contributed by atoms with E-state index in [1.54, 1.807) is 29.9 Å². The Morgan fingerprint density at radius 2 is 2.04 bits per heavy atom. The summed E-state index contributed by atoms with van der Waals surface area (Å²) in [4.78, 5) is 13.4. The standard InChI is InChI=1S/C20H19FN4O/c1-14(26)24-9-8-16-10-18(4-7-20(16)24)22-11-15-12-23-25(13-15)19-5-2-17(21)3-6-19/h2-7,10,12-13,22H,8-9,11H2,1H3. The van der Waals surface area contributed by atoms with E-state index >= 15 is 0 Å². The van der Waals surface area contributed by atoms with Gasteiger partial charge < -0.3 is 10.2 Å². The first-order valence-electron chi connectivity index (χ1n) is 8.54. The van der Waals surface area contributed by atoms with E-state index < -0.39 is 0 Å². The topological polar surface area (TPSA) is 50.2 Å². The second kappa shape index (κ2) is 6.63. The molecule has 0 spiro atoms. The summed E-state index contributed by atoms with van der Waals surface area (Å²) in [7, 11) is 0. The molecular weight excluding hydrogens is 331 g/mol. The van der Waals surface area contributed by atoms with Crippen molar-refractivity contribution in [3.05, 3.63) is 71.8 Å². The molecule has 26 heavy (non-hydrogen) atoms. The first kappa shape index (κ1) is 16.3. The minimum absolute atomic E-state index is 0.0812. The maximum atomic E-state index is 13.0. The van der Waals surface area contributed by atoms with Gasteiger partial charge in [0.25, 0.3) is 0 Å². The lowest BCUT2D eigenvalue weighted by Gasteiger charge is -2.15. The lowest BCUT2D eigenvalue weighted by molar-refractivity contribution is -0.116. The molecule has 0 aliphatic carbocycles. The van der Waals surface area contributed by atoms with Crippen molar-refractivity contribution in [2.24, 2.45) is 0 Å². The summed E-state index contributed by atoms with van der Waals surface area (Å²) < 4.78 is 14.7. The number of amides is 1. The van der Waals surface area contributed by atoms with E-state index in [0.717, 1.165) is 35.6 Å². The van der Waals surface area contributed by atoms with Crippen LogP contribution in [0.5, 0.6) is 0 Å². The summed E-state index contributed by atoms with van der Waals surface area (Å²) in [5.41, 5.74) is 5.06. The number of carbonyl (C=O) groups is 1. The zero-order valence-electron chi connectivity index (χ0n) is 14.4. The molecule has 0 fully saturated rings. The molecule has 6 heteroatoms. The van der Waals surface area contributed by atoms with Crippen molar-refractivity contribution in [2.45, 2.75) is 19.9 Å². The van der Waals surface area contributed by atoms with E-state index in [9.17, 15) is 9.18 Å². The molecule has 1 aliphatic heterocycles. The third kappa shape index (κ3) is 3.18. The number of rotatable bonds is 4. The molecule has 2 heterocycles. The molecule has 132 valence electrons. The fourth-order valence-electron chi connectivity index (χ4n) is 3.23. The average molecular weight is 350 g/mol. The minimum Gasteiger partial charge on any atom is -0.381 e. The molecular formula is C20H19FN4O. The summed E-state index contributed by atoms with van der Waals surface area (Å²) >= 11 is 0. The van der Waals surface area contributed by atoms with Crippen LogP contribution in [-0.4, -0.2) is 22.2 Å². The zero-order valence-corrected chi connectivity index (χ0v) is 14.4. The van der Waals surface area contributed by atoms with Gasteiger partial charge in [0.15, 0.2) is 0 Å². The van der Waals surface area contributed by atoms with Gasteiger partial charge in [-0.3, -0.25) is 4.79 Å². The van der Waals surface area contributed by atoms with Crippen LogP contribution in [0.25, 0.3) is 5.69 Å². The molecule has 0 atom stereocenters. The van der Waals surface area contributed by atoms with E-state index in [-0.39, 0.29) is 11.7 Å². The maximum Gasteiger partial charge on any atom is 0.223 e. The molecule has 1 N–H and O–H groups in total. The van der Waals surface area contributed by atoms with Gasteiger partial charge in [-0.25, -0.2) is 9.07 Å². The summed E-state index contributed by atoms with van der Waals surface area (Å²) in [6.45, 7) is 2.98. The number of fused-ring (bicyclic) bond motifs is 1. The number of hydrogen-bond donors (Lipinski definition) is 1. The van der Waals surface area contributed by atoms with Gasteiger partial charge in [0.1, 0.15) is 5.82 Å². The number of halogens is 1. The Hall–Kier alpha value is -3.15. The molecule has 4 rings (SSSR count). The number of benzene rings is 2. The number of carbonyl (C=O) groups excluding carboxylic acids is 1. The lowest BCUT2D eigenvalue weighted by atomic mass is 10.1. The zero-order chi connectivity index (χ0) is 18.1. The second-order valence-electron chi connectivity index (χ2n) is 6.39. The third-order valence-electron chi connectivity index (χ3n) is 4.58. The SMILES string of the molecule is CC(=O)N1CCc2cc(NCc3cnn(-c4ccc(F)cc4)c3)ccc21. The predicted molar refractivity (Wildman–Crippen MR) is 99.0 cm³/mol. The number of anilines is 2. The van der Waals surface area contributed by atoms with Gasteiger partial charge in [0, 0.05) is 43.1 Å². The van der Waals surface area contributed by atoms with Gasteiger partial charge in [-0.2, -0.15) is 5.10 Å². The van der Waals surface area contributed by atoms with Gasteiger partial charge in [0.05, 0.1) is 11.9 Å². The number of aromatic nitrogens is 2. The highest BCUT2D eigenvalue weighted by atomic mass is 19.1. The van der Waals surface area contributed by atoms with Gasteiger partial charge in [-0.1, -0.05) is 0 Å². The molecule has 2 aromatic carbocycles. The Morgan fingerprint density at radius 1 is 1.23 bits per heavy atom. The van der Waals surface area contributed by atoms with Gasteiger partial charge >= 0.3 is 0 Å². The Bertz CT molecular complexity index is 949. The monoisotopic (exact) mass is 350 g/mol. The molecule has 3 aromatic rings. The van der Waals surface area contributed by atoms with E-state index in [2.05, 4.69) is 16.5 Å². The quantitative estimate of drug-likeness (QED) is 0.783. The Labute approximate surface area is 151 Å². The van der Waals surface area contributed by atoms with Crippen molar-refractivity contribution in [1.29, 1.82) is 0 Å². The van der Waals surface area contributed by atoms with E-state index in [0.29, 0.717) is 6.54 Å². The van der Waals surface area contributed by atoms with Crippen molar-refractivity contribution < 1.29 is 9.18 Å². The fraction of sp³-hybridized carbons (Fsp3) is 0.200. The van der Waals surface area contributed by atoms with Crippen LogP contribution >= 0.6 is 0 Å². The highest BCUT2D eigenvalue weighted by Gasteiger charge is 2.21. The first-order valence-corrected chi connectivity index (χ1v) is 8.54. The van der Waals surface area contributed by atoms with Crippen LogP contribution in [0.3, 0.4) is 0 Å². The molecule has 0 saturated heterocycles. The summed E-state index contributed by atoms with van der Waals surface area (Å²) in [5.74, 6) is -0.180. The Morgan fingerprint density at radius 3 is 2.81 bits per heavy atom. The van der Waals surface area contributed by atoms with Gasteiger partial charge in [-0.15, -0.1) is 0 Å². The summed E-state index contributed by atoms with van der Waals surface area (Å²) in [6.07, 6.45) is 4.60. The molecule has 0 saturated carbocycles. The Balaban J connectivity index is 1.44. The summed E-state index contributed by atoms with van der Waals surface area (Å²) in [6, 6.07) is 12.3. The average Bonchev–Trinajstić information content (AvgIpc) is 3.27. The lowest BCUT2D eigenvalue weighted by Crippen LogP contribution is -2.25. The van der Waals surface area contributed by atoms with Crippen LogP contribution < -0.4 is 10.2 Å². The van der Waals surface area contributed by atoms with Crippen molar-refractivity contribution >= 4 is 17.3 Å². The predicted octanol–water partition coefficient (Wildman–Crippen LogP) is 3.53. The largest absolute Gasteiger partial charge is 0.381 e. The minimum atomic E-state index is -0.261. The highest BCUT2D eigenvalue weighted by molar-refractivity contribution is 5.94. The van der Waals surface area contributed by atoms with Crippen LogP contribution in [-0.2, 0) is 17.8 Å². The third-order valence-corrected chi connectivity index (χ3v) is 4.58. The molecule has 5 nitrogen and oxygen atoms in total. The normalized spacial score (nSPS) is 12.9. The molecule has 1 aliphatic rings. The summed E-state index contributed by atoms with van der Waals surface area (Å²) in [5, 5.41) is 7.72. The molecule has 0 radical (unpaired) electrons. The van der Waals surface area contributed by atoms with Crippen LogP contribution in [0.15, 0.2) is 54.9 Å². The van der Waals surface area contributed by atoms with Crippen LogP contribution in [0.4, 0.5) is 15.8 Å². The van der Waals surface area contributed by atoms with E-state index in [1.165, 1.54) is 17.7 Å². The van der Waals surface area contributed by atoms with Crippen molar-refractivity contribution in [3.63, 3.8) is 0 Å². The first-order chi connectivity index (χ1) is 12.6. The molecule has 0 unspecified atom stereocenters. The van der Waals surface area contributed by atoms with Crippen LogP contribution in [0, 0.1) is 5.82 Å². The number of hydrogen-bond acceptors (Lipinski definition) is 3. The Kier molecular flexibility index (Phi) is 4.16. The molecule has 1 aromatic heterocycles. The second-order valence-corrected chi connectivity index (χ2v) is 6.39. The van der Waals surface area contributed by atoms with Crippen molar-refractivity contribution in [3.8, 4) is 5.69 Å². The molecule has 0 bridgehead atoms. The highest BCUT2D eigenvalue weighted by Crippen LogP contribution is 2.30. The number of nitrogens with one attached hydrogen (secondary N) is 1. The van der Waals surface area contributed by atoms with Gasteiger partial charge in [-0.05, 0) is 54.4 Å². The molecule has 1 amide bonds. The van der Waals surface area contributed by atoms with E-state index in [4.69, 9.17) is 0 Å². The smallest absolute Gasteiger partial charge is 0.223 e. The maximum absolute atomic E-state index is 13.0. The van der Waals surface area contributed by atoms with Crippen molar-refractivity contribution in [1.82, 2.24) is 9.78 Å². The fourth-order valence-corrected chi connectivity index (χ4v) is 3.23. The van der Waals surface area contributed by atoms with Crippen LogP contribution in [0.1, 0.15) is 18.1 Å². The van der Waals surface area contributed by atoms with Crippen molar-refractivity contribution in [2.75, 3.05) is 16.8 Å². The number of nitrogens with zero attached hydrogens (tertiary/aromatic N) is 3. The van der Waals surface area contributed by atoms with Crippen LogP contribution in [0.2, 0.25) is 0 Å².